The van der Waals surface area contributed by atoms with E-state index < -0.39 is 94.4 Å². The lowest BCUT2D eigenvalue weighted by Crippen LogP contribution is -2.72. The van der Waals surface area contributed by atoms with Gasteiger partial charge in [-0.2, -0.15) is 0 Å². The lowest BCUT2D eigenvalue weighted by molar-refractivity contribution is -0.166. The van der Waals surface area contributed by atoms with Crippen LogP contribution in [0.15, 0.2) is 91.1 Å². The number of hydrogen-bond donors (Lipinski definition) is 4. The molecule has 1 saturated carbocycles. The van der Waals surface area contributed by atoms with E-state index in [0.29, 0.717) is 40.2 Å². The first-order valence-electron chi connectivity index (χ1n) is 19.5. The number of fused-ring (bicyclic) bond motifs is 3. The first-order valence-corrected chi connectivity index (χ1v) is 20.2. The molecule has 9 nitrogen and oxygen atoms in total. The zero-order chi connectivity index (χ0) is 41.2. The molecule has 1 aromatic heterocycles. The minimum absolute atomic E-state index is 0.0485. The molecule has 14 heteroatoms. The summed E-state index contributed by atoms with van der Waals surface area (Å²) in [7, 11) is 0. The van der Waals surface area contributed by atoms with E-state index in [1.807, 2.05) is 0 Å². The highest BCUT2D eigenvalue weighted by Crippen LogP contribution is 2.74. The quantitative estimate of drug-likeness (QED) is 0.122. The van der Waals surface area contributed by atoms with Gasteiger partial charge in [-0.1, -0.05) is 89.9 Å². The highest BCUT2D eigenvalue weighted by atomic mass is 35.5. The molecule has 7 atom stereocenters. The summed E-state index contributed by atoms with van der Waals surface area (Å²) in [5.41, 5.74) is -4.66. The van der Waals surface area contributed by atoms with Gasteiger partial charge in [0.05, 0.1) is 55.9 Å². The molecule has 1 unspecified atom stereocenters. The van der Waals surface area contributed by atoms with Crippen molar-refractivity contribution in [2.45, 2.75) is 92.3 Å². The SMILES string of the molecule is CC(C)(O)[C@@H]1CCC(NC(=O)[C@H]2[C@H](c3ccnc(Cl)c3F)[C@]3(C(=O)Nc4cc(Cl)ccc43)C3(CC(CF)(CF)C3)N2[C@H](c2ccccc2)[C@@H](O)c2ccccc2)CO1. The van der Waals surface area contributed by atoms with Crippen LogP contribution >= 0.6 is 23.2 Å². The standard InChI is InChI=1S/C44H45Cl2F3N4O5/c1-41(2,57)32-16-14-28(20-58-32)51-39(55)36-33(29-17-18-50-38(46)34(29)49)44(30-15-13-27(45)19-31(30)52-40(44)56)43(21-42(22-43,23-47)24-48)53(36)35(25-9-5-3-6-10-25)37(54)26-11-7-4-8-12-26/h3-13,15,17-19,28,32-33,35-37,54,57H,14,16,20-24H2,1-2H3,(H,51,55)(H,52,56)/t28?,32-,33-,35+,36+,37-,44+/m0/s1. The average molecular weight is 838 g/mol. The average Bonchev–Trinajstić information content (AvgIpc) is 3.63. The van der Waals surface area contributed by atoms with Crippen molar-refractivity contribution in [3.05, 3.63) is 129 Å². The van der Waals surface area contributed by atoms with Crippen LogP contribution in [0.4, 0.5) is 18.9 Å². The molecule has 2 saturated heterocycles. The minimum Gasteiger partial charge on any atom is -0.388 e. The van der Waals surface area contributed by atoms with Gasteiger partial charge in [-0.05, 0) is 80.0 Å². The number of aliphatic hydroxyl groups is 2. The summed E-state index contributed by atoms with van der Waals surface area (Å²) in [4.78, 5) is 36.7. The summed E-state index contributed by atoms with van der Waals surface area (Å²) in [6.07, 6.45) is -0.270. The van der Waals surface area contributed by atoms with Crippen LogP contribution in [0.1, 0.15) is 79.8 Å². The van der Waals surface area contributed by atoms with Gasteiger partial charge >= 0.3 is 0 Å². The maximum absolute atomic E-state index is 16.9. The van der Waals surface area contributed by atoms with E-state index in [4.69, 9.17) is 27.9 Å². The minimum atomic E-state index is -1.91. The predicted octanol–water partition coefficient (Wildman–Crippen LogP) is 7.55. The Kier molecular flexibility index (Phi) is 10.7. The Bertz CT molecular complexity index is 2180. The maximum Gasteiger partial charge on any atom is 0.238 e. The molecular weight excluding hydrogens is 792 g/mol. The number of carbonyl (C=O) groups is 2. The van der Waals surface area contributed by atoms with Crippen molar-refractivity contribution >= 4 is 40.7 Å². The van der Waals surface area contributed by atoms with E-state index >= 15 is 22.8 Å². The highest BCUT2D eigenvalue weighted by molar-refractivity contribution is 6.31. The van der Waals surface area contributed by atoms with E-state index in [2.05, 4.69) is 15.6 Å². The summed E-state index contributed by atoms with van der Waals surface area (Å²) in [6, 6.07) is 20.7. The molecule has 3 aromatic carbocycles. The largest absolute Gasteiger partial charge is 0.388 e. The first kappa shape index (κ1) is 40.7. The normalized spacial score (nSPS) is 27.2. The number of halogens is 5. The smallest absolute Gasteiger partial charge is 0.238 e. The van der Waals surface area contributed by atoms with Gasteiger partial charge < -0.3 is 25.6 Å². The summed E-state index contributed by atoms with van der Waals surface area (Å²) in [6.45, 7) is 1.21. The lowest BCUT2D eigenvalue weighted by atomic mass is 9.45. The van der Waals surface area contributed by atoms with Crippen LogP contribution in [-0.4, -0.2) is 81.2 Å². The number of nitrogens with zero attached hydrogens (tertiary/aromatic N) is 2. The van der Waals surface area contributed by atoms with Crippen molar-refractivity contribution in [2.24, 2.45) is 5.41 Å². The number of hydrogen-bond acceptors (Lipinski definition) is 7. The second-order valence-corrected chi connectivity index (χ2v) is 17.7. The fourth-order valence-electron chi connectivity index (χ4n) is 10.6. The number of aromatic nitrogens is 1. The van der Waals surface area contributed by atoms with E-state index in [0.717, 1.165) is 0 Å². The van der Waals surface area contributed by atoms with Crippen molar-refractivity contribution in [3.63, 3.8) is 0 Å². The summed E-state index contributed by atoms with van der Waals surface area (Å²) in [5, 5.41) is 29.3. The first-order chi connectivity index (χ1) is 27.7. The van der Waals surface area contributed by atoms with Crippen LogP contribution in [0.3, 0.4) is 0 Å². The molecule has 3 aliphatic heterocycles. The fourth-order valence-corrected chi connectivity index (χ4v) is 10.9. The number of rotatable bonds is 10. The van der Waals surface area contributed by atoms with Crippen LogP contribution in [0.5, 0.6) is 0 Å². The molecule has 306 valence electrons. The van der Waals surface area contributed by atoms with E-state index in [9.17, 15) is 10.2 Å². The van der Waals surface area contributed by atoms with Crippen molar-refractivity contribution in [3.8, 4) is 0 Å². The van der Waals surface area contributed by atoms with Crippen molar-refractivity contribution in [1.29, 1.82) is 0 Å². The second kappa shape index (κ2) is 15.2. The maximum atomic E-state index is 16.9. The molecular formula is C44H45Cl2F3N4O5. The zero-order valence-electron chi connectivity index (χ0n) is 32.0. The van der Waals surface area contributed by atoms with Gasteiger partial charge in [-0.25, -0.2) is 9.37 Å². The summed E-state index contributed by atoms with van der Waals surface area (Å²) in [5.74, 6) is -3.62. The monoisotopic (exact) mass is 836 g/mol. The highest BCUT2D eigenvalue weighted by Gasteiger charge is 2.82. The molecule has 4 aromatic rings. The number of anilines is 1. The predicted molar refractivity (Wildman–Crippen MR) is 213 cm³/mol. The summed E-state index contributed by atoms with van der Waals surface area (Å²) < 4.78 is 53.6. The van der Waals surface area contributed by atoms with Gasteiger partial charge in [0.1, 0.15) is 5.41 Å². The summed E-state index contributed by atoms with van der Waals surface area (Å²) >= 11 is 12.9. The van der Waals surface area contributed by atoms with Crippen LogP contribution in [-0.2, 0) is 19.7 Å². The number of nitrogens with one attached hydrogen (secondary N) is 2. The molecule has 4 aliphatic rings. The van der Waals surface area contributed by atoms with Crippen LogP contribution in [0.25, 0.3) is 0 Å². The Hall–Kier alpha value is -4.04. The Morgan fingerprint density at radius 3 is 2.28 bits per heavy atom. The van der Waals surface area contributed by atoms with Gasteiger partial charge in [0.2, 0.25) is 11.8 Å². The van der Waals surface area contributed by atoms with E-state index in [-0.39, 0.29) is 25.0 Å². The molecule has 2 spiro atoms. The number of carbonyl (C=O) groups excluding carboxylic acids is 2. The second-order valence-electron chi connectivity index (χ2n) is 16.9. The van der Waals surface area contributed by atoms with Crippen LogP contribution in [0.2, 0.25) is 10.2 Å². The molecule has 2 amide bonds. The number of likely N-dealkylation sites (tertiary alicyclic amines) is 1. The molecule has 8 rings (SSSR count). The van der Waals surface area contributed by atoms with Gasteiger partial charge in [0, 0.05) is 33.8 Å². The van der Waals surface area contributed by atoms with Gasteiger partial charge in [-0.3, -0.25) is 23.3 Å². The Morgan fingerprint density at radius 2 is 1.67 bits per heavy atom. The van der Waals surface area contributed by atoms with Gasteiger partial charge in [0.25, 0.3) is 0 Å². The van der Waals surface area contributed by atoms with E-state index in [1.165, 1.54) is 12.3 Å². The lowest BCUT2D eigenvalue weighted by Gasteiger charge is -2.63. The number of benzene rings is 3. The van der Waals surface area contributed by atoms with Gasteiger partial charge in [0.15, 0.2) is 11.0 Å². The Morgan fingerprint density at radius 1 is 1.02 bits per heavy atom. The third-order valence-corrected chi connectivity index (χ3v) is 13.5. The number of amides is 2. The molecule has 1 aliphatic carbocycles. The molecule has 3 fully saturated rings. The number of alkyl halides is 2. The third-order valence-electron chi connectivity index (χ3n) is 13.0. The van der Waals surface area contributed by atoms with Gasteiger partial charge in [-0.15, -0.1) is 0 Å². The molecule has 0 radical (unpaired) electrons. The van der Waals surface area contributed by atoms with Crippen molar-refractivity contribution in [2.75, 3.05) is 25.3 Å². The zero-order valence-corrected chi connectivity index (χ0v) is 33.5. The Balaban J connectivity index is 1.43. The number of pyridine rings is 1. The molecule has 0 bridgehead atoms. The molecule has 4 heterocycles. The molecule has 58 heavy (non-hydrogen) atoms. The van der Waals surface area contributed by atoms with Crippen molar-refractivity contribution < 1.29 is 37.7 Å². The number of aliphatic hydroxyl groups excluding tert-OH is 1. The topological polar surface area (TPSA) is 124 Å². The molecule has 4 N–H and O–H groups in total. The fraction of sp³-hybridized carbons (Fsp3) is 0.432. The third kappa shape index (κ3) is 6.33. The van der Waals surface area contributed by atoms with Crippen LogP contribution < -0.4 is 10.6 Å². The Labute approximate surface area is 344 Å². The van der Waals surface area contributed by atoms with E-state index in [1.54, 1.807) is 97.6 Å². The van der Waals surface area contributed by atoms with Crippen LogP contribution in [0, 0.1) is 11.2 Å². The van der Waals surface area contributed by atoms with Crippen molar-refractivity contribution in [1.82, 2.24) is 15.2 Å². The number of ether oxygens (including phenoxy) is 1.